The molecule has 2 aliphatic rings. The van der Waals surface area contributed by atoms with Gasteiger partial charge in [0.15, 0.2) is 5.16 Å². The molecule has 1 aliphatic heterocycles. The molecule has 1 aromatic carbocycles. The van der Waals surface area contributed by atoms with Crippen LogP contribution in [0.25, 0.3) is 10.2 Å². The zero-order valence-electron chi connectivity index (χ0n) is 19.0. The number of fused-ring (bicyclic) bond motifs is 3. The molecular weight excluding hydrogens is 454 g/mol. The molecule has 5 rings (SSSR count). The van der Waals surface area contributed by atoms with Crippen LogP contribution in [-0.2, 0) is 17.6 Å². The van der Waals surface area contributed by atoms with Crippen molar-refractivity contribution in [1.29, 1.82) is 0 Å². The average Bonchev–Trinajstić information content (AvgIpc) is 3.20. The number of nitrogen functional groups attached to an aromatic ring is 1. The van der Waals surface area contributed by atoms with Gasteiger partial charge >= 0.3 is 0 Å². The van der Waals surface area contributed by atoms with Crippen molar-refractivity contribution in [3.63, 3.8) is 0 Å². The summed E-state index contributed by atoms with van der Waals surface area (Å²) in [5.41, 5.74) is 8.83. The molecule has 3 heterocycles. The first-order chi connectivity index (χ1) is 16.0. The van der Waals surface area contributed by atoms with Crippen molar-refractivity contribution in [3.05, 3.63) is 34.7 Å². The lowest BCUT2D eigenvalue weighted by Crippen LogP contribution is -2.49. The number of thioether (sulfide) groups is 1. The Balaban J connectivity index is 1.19. The summed E-state index contributed by atoms with van der Waals surface area (Å²) in [6, 6.07) is 8.06. The second-order valence-corrected chi connectivity index (χ2v) is 10.8. The minimum Gasteiger partial charge on any atom is -0.497 e. The number of carbonyl (C=O) groups excluding carboxylic acids is 1. The van der Waals surface area contributed by atoms with E-state index in [0.717, 1.165) is 47.6 Å². The third-order valence-electron chi connectivity index (χ3n) is 6.56. The molecule has 0 bridgehead atoms. The summed E-state index contributed by atoms with van der Waals surface area (Å²) in [6.07, 6.45) is 3.34. The van der Waals surface area contributed by atoms with Crippen LogP contribution in [0.2, 0.25) is 0 Å². The minimum absolute atomic E-state index is 0.121. The second kappa shape index (κ2) is 9.38. The van der Waals surface area contributed by atoms with Gasteiger partial charge in [-0.15, -0.1) is 11.3 Å². The zero-order chi connectivity index (χ0) is 22.9. The molecule has 1 unspecified atom stereocenters. The van der Waals surface area contributed by atoms with Crippen molar-refractivity contribution >= 4 is 50.7 Å². The number of aryl methyl sites for hydroxylation is 1. The molecule has 0 radical (unpaired) electrons. The summed E-state index contributed by atoms with van der Waals surface area (Å²) in [7, 11) is 1.67. The highest BCUT2D eigenvalue weighted by Gasteiger charge is 2.25. The van der Waals surface area contributed by atoms with Crippen LogP contribution in [0.5, 0.6) is 5.75 Å². The Bertz CT molecular complexity index is 1160. The Labute approximate surface area is 202 Å². The number of benzene rings is 1. The topological polar surface area (TPSA) is 84.6 Å². The van der Waals surface area contributed by atoms with Gasteiger partial charge in [-0.25, -0.2) is 9.97 Å². The number of nitrogens with two attached hydrogens (primary N) is 1. The normalized spacial score (nSPS) is 18.4. The van der Waals surface area contributed by atoms with Gasteiger partial charge in [0.05, 0.1) is 18.2 Å². The molecule has 0 spiro atoms. The standard InChI is InChI=1S/C24H29N5O2S2/c1-15-3-8-18-19(13-15)33-23-21(18)22(25)26-24(27-23)32-14-20(30)29-11-9-28(10-12-29)16-4-6-17(31-2)7-5-16/h4-7,15H,3,8-14H2,1-2H3,(H2,25,26,27). The van der Waals surface area contributed by atoms with Crippen LogP contribution in [0.1, 0.15) is 23.8 Å². The first-order valence-corrected chi connectivity index (χ1v) is 13.2. The van der Waals surface area contributed by atoms with E-state index in [0.29, 0.717) is 35.7 Å². The van der Waals surface area contributed by atoms with Crippen LogP contribution < -0.4 is 15.4 Å². The Kier molecular flexibility index (Phi) is 6.34. The average molecular weight is 484 g/mol. The minimum atomic E-state index is 0.121. The summed E-state index contributed by atoms with van der Waals surface area (Å²) in [5, 5.41) is 1.63. The van der Waals surface area contributed by atoms with Gasteiger partial charge in [-0.05, 0) is 55.0 Å². The maximum Gasteiger partial charge on any atom is 0.233 e. The monoisotopic (exact) mass is 483 g/mol. The largest absolute Gasteiger partial charge is 0.497 e. The van der Waals surface area contributed by atoms with E-state index in [4.69, 9.17) is 15.5 Å². The number of hydrogen-bond donors (Lipinski definition) is 1. The van der Waals surface area contributed by atoms with Crippen molar-refractivity contribution in [2.24, 2.45) is 5.92 Å². The van der Waals surface area contributed by atoms with Gasteiger partial charge in [-0.1, -0.05) is 18.7 Å². The number of carbonyl (C=O) groups is 1. The molecule has 1 amide bonds. The van der Waals surface area contributed by atoms with Crippen molar-refractivity contribution in [1.82, 2.24) is 14.9 Å². The number of rotatable bonds is 5. The maximum absolute atomic E-state index is 12.8. The molecule has 1 atom stereocenters. The van der Waals surface area contributed by atoms with Crippen molar-refractivity contribution in [3.8, 4) is 5.75 Å². The highest BCUT2D eigenvalue weighted by atomic mass is 32.2. The van der Waals surface area contributed by atoms with E-state index in [9.17, 15) is 4.79 Å². The number of hydrogen-bond acceptors (Lipinski definition) is 8. The van der Waals surface area contributed by atoms with E-state index in [1.165, 1.54) is 28.6 Å². The number of piperazine rings is 1. The maximum atomic E-state index is 12.8. The molecule has 2 N–H and O–H groups in total. The molecule has 7 nitrogen and oxygen atoms in total. The van der Waals surface area contributed by atoms with Crippen LogP contribution in [0.15, 0.2) is 29.4 Å². The lowest BCUT2D eigenvalue weighted by molar-refractivity contribution is -0.128. The number of methoxy groups -OCH3 is 1. The number of aromatic nitrogens is 2. The predicted molar refractivity (Wildman–Crippen MR) is 136 cm³/mol. The van der Waals surface area contributed by atoms with Gasteiger partial charge in [0, 0.05) is 36.7 Å². The molecule has 1 saturated heterocycles. The molecule has 9 heteroatoms. The number of amides is 1. The van der Waals surface area contributed by atoms with Crippen molar-refractivity contribution in [2.75, 3.05) is 49.7 Å². The van der Waals surface area contributed by atoms with Crippen molar-refractivity contribution in [2.45, 2.75) is 31.3 Å². The molecule has 1 fully saturated rings. The molecule has 33 heavy (non-hydrogen) atoms. The first-order valence-electron chi connectivity index (χ1n) is 11.4. The number of thiophene rings is 1. The highest BCUT2D eigenvalue weighted by molar-refractivity contribution is 7.99. The van der Waals surface area contributed by atoms with E-state index in [2.05, 4.69) is 28.9 Å². The summed E-state index contributed by atoms with van der Waals surface area (Å²) < 4.78 is 5.23. The summed E-state index contributed by atoms with van der Waals surface area (Å²) in [5.74, 6) is 2.56. The third kappa shape index (κ3) is 4.61. The lowest BCUT2D eigenvalue weighted by Gasteiger charge is -2.36. The van der Waals surface area contributed by atoms with Crippen molar-refractivity contribution < 1.29 is 9.53 Å². The lowest BCUT2D eigenvalue weighted by atomic mass is 9.89. The molecular formula is C24H29N5O2S2. The summed E-state index contributed by atoms with van der Waals surface area (Å²) in [6.45, 7) is 5.35. The Hall–Kier alpha value is -2.52. The quantitative estimate of drug-likeness (QED) is 0.436. The van der Waals surface area contributed by atoms with Gasteiger partial charge in [0.1, 0.15) is 16.4 Å². The van der Waals surface area contributed by atoms with Gasteiger partial charge in [0.25, 0.3) is 0 Å². The predicted octanol–water partition coefficient (Wildman–Crippen LogP) is 3.85. The molecule has 1 aliphatic carbocycles. The van der Waals surface area contributed by atoms with Crippen LogP contribution in [0.4, 0.5) is 11.5 Å². The number of anilines is 2. The second-order valence-electron chi connectivity index (χ2n) is 8.78. The fraction of sp³-hybridized carbons (Fsp3) is 0.458. The third-order valence-corrected chi connectivity index (χ3v) is 8.54. The van der Waals surface area contributed by atoms with E-state index in [-0.39, 0.29) is 5.91 Å². The van der Waals surface area contributed by atoms with E-state index in [1.807, 2.05) is 17.0 Å². The SMILES string of the molecule is COc1ccc(N2CCN(C(=O)CSc3nc(N)c4c5c(sc4n3)CC(C)CC5)CC2)cc1. The fourth-order valence-corrected chi connectivity index (χ4v) is 6.84. The van der Waals surface area contributed by atoms with Crippen LogP contribution >= 0.6 is 23.1 Å². The van der Waals surface area contributed by atoms with Crippen LogP contribution in [-0.4, -0.2) is 59.8 Å². The van der Waals surface area contributed by atoms with Gasteiger partial charge in [-0.3, -0.25) is 4.79 Å². The van der Waals surface area contributed by atoms with Crippen LogP contribution in [0, 0.1) is 5.92 Å². The Morgan fingerprint density at radius 1 is 1.21 bits per heavy atom. The molecule has 174 valence electrons. The highest BCUT2D eigenvalue weighted by Crippen LogP contribution is 2.40. The summed E-state index contributed by atoms with van der Waals surface area (Å²) in [4.78, 5) is 28.7. The van der Waals surface area contributed by atoms with Gasteiger partial charge in [-0.2, -0.15) is 0 Å². The number of nitrogens with zero attached hydrogens (tertiary/aromatic N) is 4. The van der Waals surface area contributed by atoms with Crippen LogP contribution in [0.3, 0.4) is 0 Å². The van der Waals surface area contributed by atoms with Gasteiger partial charge < -0.3 is 20.3 Å². The zero-order valence-corrected chi connectivity index (χ0v) is 20.7. The smallest absolute Gasteiger partial charge is 0.233 e. The summed E-state index contributed by atoms with van der Waals surface area (Å²) >= 11 is 3.13. The van der Waals surface area contributed by atoms with Gasteiger partial charge in [0.2, 0.25) is 5.91 Å². The molecule has 3 aromatic rings. The van der Waals surface area contributed by atoms with E-state index < -0.39 is 0 Å². The van der Waals surface area contributed by atoms with E-state index in [1.54, 1.807) is 18.4 Å². The molecule has 0 saturated carbocycles. The fourth-order valence-electron chi connectivity index (χ4n) is 4.64. The van der Waals surface area contributed by atoms with E-state index >= 15 is 0 Å². The first kappa shape index (κ1) is 22.3. The Morgan fingerprint density at radius 3 is 2.70 bits per heavy atom. The molecule has 2 aromatic heterocycles. The Morgan fingerprint density at radius 2 is 1.97 bits per heavy atom. The number of ether oxygens (including phenoxy) is 1.